The van der Waals surface area contributed by atoms with Gasteiger partial charge in [-0.05, 0) is 41.8 Å². The van der Waals surface area contributed by atoms with Crippen LogP contribution >= 0.6 is 0 Å². The molecule has 0 aliphatic rings. The SMILES string of the molecule is Fc1ccc([C@H](Cc2ccccc2)c2nc3ccccc3o2)cc1. The van der Waals surface area contributed by atoms with E-state index in [-0.39, 0.29) is 11.7 Å². The van der Waals surface area contributed by atoms with Gasteiger partial charge in [-0.15, -0.1) is 0 Å². The van der Waals surface area contributed by atoms with Crippen LogP contribution in [0.15, 0.2) is 83.3 Å². The Morgan fingerprint density at radius 1 is 0.833 bits per heavy atom. The first-order valence-electron chi connectivity index (χ1n) is 7.94. The Bertz CT molecular complexity index is 911. The molecule has 0 bridgehead atoms. The fourth-order valence-electron chi connectivity index (χ4n) is 2.93. The van der Waals surface area contributed by atoms with Crippen LogP contribution in [0.3, 0.4) is 0 Å². The van der Waals surface area contributed by atoms with E-state index in [4.69, 9.17) is 4.42 Å². The molecule has 0 N–H and O–H groups in total. The second kappa shape index (κ2) is 6.28. The van der Waals surface area contributed by atoms with Crippen molar-refractivity contribution in [2.75, 3.05) is 0 Å². The molecule has 0 saturated heterocycles. The topological polar surface area (TPSA) is 26.0 Å². The summed E-state index contributed by atoms with van der Waals surface area (Å²) in [6.07, 6.45) is 0.749. The van der Waals surface area contributed by atoms with Crippen LogP contribution in [0, 0.1) is 5.82 Å². The summed E-state index contributed by atoms with van der Waals surface area (Å²) in [5, 5.41) is 0. The van der Waals surface area contributed by atoms with Gasteiger partial charge < -0.3 is 4.42 Å². The number of hydrogen-bond donors (Lipinski definition) is 0. The molecule has 0 fully saturated rings. The van der Waals surface area contributed by atoms with Gasteiger partial charge in [0.25, 0.3) is 0 Å². The fourth-order valence-corrected chi connectivity index (χ4v) is 2.93. The van der Waals surface area contributed by atoms with Gasteiger partial charge in [-0.1, -0.05) is 54.6 Å². The number of rotatable bonds is 4. The summed E-state index contributed by atoms with van der Waals surface area (Å²) in [6.45, 7) is 0. The van der Waals surface area contributed by atoms with Crippen LogP contribution in [0.25, 0.3) is 11.1 Å². The maximum Gasteiger partial charge on any atom is 0.203 e. The first kappa shape index (κ1) is 14.6. The van der Waals surface area contributed by atoms with E-state index >= 15 is 0 Å². The molecule has 0 spiro atoms. The van der Waals surface area contributed by atoms with E-state index in [1.807, 2.05) is 42.5 Å². The molecule has 4 rings (SSSR count). The molecule has 118 valence electrons. The van der Waals surface area contributed by atoms with Crippen LogP contribution in [-0.4, -0.2) is 4.98 Å². The maximum absolute atomic E-state index is 13.3. The molecule has 0 saturated carbocycles. The second-order valence-electron chi connectivity index (χ2n) is 5.81. The highest BCUT2D eigenvalue weighted by Gasteiger charge is 2.21. The molecular formula is C21H16FNO. The van der Waals surface area contributed by atoms with Gasteiger partial charge in [-0.2, -0.15) is 0 Å². The minimum absolute atomic E-state index is 0.0552. The summed E-state index contributed by atoms with van der Waals surface area (Å²) in [5.41, 5.74) is 3.79. The van der Waals surface area contributed by atoms with Crippen molar-refractivity contribution in [3.8, 4) is 0 Å². The minimum atomic E-state index is -0.241. The summed E-state index contributed by atoms with van der Waals surface area (Å²) in [4.78, 5) is 4.65. The highest BCUT2D eigenvalue weighted by Crippen LogP contribution is 2.30. The van der Waals surface area contributed by atoms with Crippen LogP contribution in [-0.2, 0) is 6.42 Å². The lowest BCUT2D eigenvalue weighted by atomic mass is 9.92. The normalized spacial score (nSPS) is 12.4. The molecule has 24 heavy (non-hydrogen) atoms. The molecule has 0 radical (unpaired) electrons. The van der Waals surface area contributed by atoms with Crippen molar-refractivity contribution in [2.45, 2.75) is 12.3 Å². The van der Waals surface area contributed by atoms with E-state index in [1.54, 1.807) is 12.1 Å². The summed E-state index contributed by atoms with van der Waals surface area (Å²) >= 11 is 0. The number of benzene rings is 3. The molecule has 0 unspecified atom stereocenters. The number of para-hydroxylation sites is 2. The Labute approximate surface area is 139 Å². The van der Waals surface area contributed by atoms with Gasteiger partial charge in [0.05, 0.1) is 5.92 Å². The molecule has 1 heterocycles. The maximum atomic E-state index is 13.3. The lowest BCUT2D eigenvalue weighted by Crippen LogP contribution is -2.05. The van der Waals surface area contributed by atoms with Crippen LogP contribution in [0.1, 0.15) is 22.9 Å². The summed E-state index contributed by atoms with van der Waals surface area (Å²) in [7, 11) is 0. The molecule has 0 amide bonds. The Kier molecular flexibility index (Phi) is 3.83. The smallest absolute Gasteiger partial charge is 0.203 e. The third kappa shape index (κ3) is 2.93. The van der Waals surface area contributed by atoms with Crippen molar-refractivity contribution in [3.63, 3.8) is 0 Å². The molecular weight excluding hydrogens is 301 g/mol. The fraction of sp³-hybridized carbons (Fsp3) is 0.0952. The first-order valence-corrected chi connectivity index (χ1v) is 7.94. The highest BCUT2D eigenvalue weighted by molar-refractivity contribution is 5.72. The van der Waals surface area contributed by atoms with Crippen molar-refractivity contribution in [2.24, 2.45) is 0 Å². The Hall–Kier alpha value is -2.94. The number of hydrogen-bond acceptors (Lipinski definition) is 2. The number of fused-ring (bicyclic) bond motifs is 1. The molecule has 2 nitrogen and oxygen atoms in total. The Morgan fingerprint density at radius 2 is 1.54 bits per heavy atom. The van der Waals surface area contributed by atoms with Gasteiger partial charge in [0.2, 0.25) is 5.89 Å². The Balaban J connectivity index is 1.78. The quantitative estimate of drug-likeness (QED) is 0.507. The van der Waals surface area contributed by atoms with Gasteiger partial charge in [-0.25, -0.2) is 9.37 Å². The van der Waals surface area contributed by atoms with Crippen LogP contribution < -0.4 is 0 Å². The van der Waals surface area contributed by atoms with Crippen LogP contribution in [0.5, 0.6) is 0 Å². The van der Waals surface area contributed by atoms with Crippen molar-refractivity contribution in [3.05, 3.63) is 102 Å². The van der Waals surface area contributed by atoms with Crippen molar-refractivity contribution >= 4 is 11.1 Å². The standard InChI is InChI=1S/C21H16FNO/c22-17-12-10-16(11-13-17)18(14-15-6-2-1-3-7-15)21-23-19-8-4-5-9-20(19)24-21/h1-13,18H,14H2/t18-/m0/s1. The van der Waals surface area contributed by atoms with E-state index in [2.05, 4.69) is 17.1 Å². The van der Waals surface area contributed by atoms with Gasteiger partial charge in [-0.3, -0.25) is 0 Å². The second-order valence-corrected chi connectivity index (χ2v) is 5.81. The van der Waals surface area contributed by atoms with E-state index in [0.717, 1.165) is 23.1 Å². The molecule has 1 aromatic heterocycles. The number of oxazole rings is 1. The Morgan fingerprint density at radius 3 is 2.29 bits per heavy atom. The average molecular weight is 317 g/mol. The summed E-state index contributed by atoms with van der Waals surface area (Å²) in [6, 6.07) is 24.5. The highest BCUT2D eigenvalue weighted by atomic mass is 19.1. The number of aromatic nitrogens is 1. The zero-order valence-electron chi connectivity index (χ0n) is 13.0. The van der Waals surface area contributed by atoms with E-state index in [0.29, 0.717) is 5.89 Å². The van der Waals surface area contributed by atoms with Crippen LogP contribution in [0.2, 0.25) is 0 Å². The van der Waals surface area contributed by atoms with Crippen molar-refractivity contribution in [1.82, 2.24) is 4.98 Å². The molecule has 4 aromatic rings. The van der Waals surface area contributed by atoms with E-state index < -0.39 is 0 Å². The van der Waals surface area contributed by atoms with Gasteiger partial charge >= 0.3 is 0 Å². The van der Waals surface area contributed by atoms with E-state index in [9.17, 15) is 4.39 Å². The van der Waals surface area contributed by atoms with Crippen molar-refractivity contribution in [1.29, 1.82) is 0 Å². The minimum Gasteiger partial charge on any atom is -0.440 e. The lowest BCUT2D eigenvalue weighted by molar-refractivity contribution is 0.497. The lowest BCUT2D eigenvalue weighted by Gasteiger charge is -2.14. The zero-order valence-corrected chi connectivity index (χ0v) is 13.0. The van der Waals surface area contributed by atoms with Gasteiger partial charge in [0, 0.05) is 0 Å². The predicted molar refractivity (Wildman–Crippen MR) is 92.4 cm³/mol. The largest absolute Gasteiger partial charge is 0.440 e. The molecule has 1 atom stereocenters. The van der Waals surface area contributed by atoms with Gasteiger partial charge in [0.15, 0.2) is 5.58 Å². The summed E-state index contributed by atoms with van der Waals surface area (Å²) in [5.74, 6) is 0.363. The monoisotopic (exact) mass is 317 g/mol. The predicted octanol–water partition coefficient (Wildman–Crippen LogP) is 5.34. The zero-order chi connectivity index (χ0) is 16.4. The molecule has 3 aromatic carbocycles. The van der Waals surface area contributed by atoms with Crippen molar-refractivity contribution < 1.29 is 8.81 Å². The average Bonchev–Trinajstić information content (AvgIpc) is 3.05. The molecule has 0 aliphatic heterocycles. The summed E-state index contributed by atoms with van der Waals surface area (Å²) < 4.78 is 19.3. The number of halogens is 1. The van der Waals surface area contributed by atoms with Gasteiger partial charge in [0.1, 0.15) is 11.3 Å². The molecule has 3 heteroatoms. The third-order valence-electron chi connectivity index (χ3n) is 4.16. The van der Waals surface area contributed by atoms with Crippen LogP contribution in [0.4, 0.5) is 4.39 Å². The molecule has 0 aliphatic carbocycles. The first-order chi connectivity index (χ1) is 11.8. The third-order valence-corrected chi connectivity index (χ3v) is 4.16. The van der Waals surface area contributed by atoms with E-state index in [1.165, 1.54) is 17.7 Å². The number of nitrogens with zero attached hydrogens (tertiary/aromatic N) is 1.